The summed E-state index contributed by atoms with van der Waals surface area (Å²) < 4.78 is 6.29. The van der Waals surface area contributed by atoms with Gasteiger partial charge in [0.05, 0.1) is 0 Å². The van der Waals surface area contributed by atoms with Crippen LogP contribution in [0.4, 0.5) is 11.6 Å². The van der Waals surface area contributed by atoms with Crippen LogP contribution in [0.15, 0.2) is 0 Å². The van der Waals surface area contributed by atoms with E-state index in [1.165, 1.54) is 0 Å². The minimum absolute atomic E-state index is 0.239. The molecule has 11 heavy (non-hydrogen) atoms. The van der Waals surface area contributed by atoms with Crippen molar-refractivity contribution in [3.63, 3.8) is 0 Å². The molecule has 0 atom stereocenters. The van der Waals surface area contributed by atoms with Crippen molar-refractivity contribution in [3.8, 4) is 0 Å². The minimum atomic E-state index is 0.239. The molecule has 1 aliphatic heterocycles. The summed E-state index contributed by atoms with van der Waals surface area (Å²) in [6.45, 7) is 3.94. The van der Waals surface area contributed by atoms with Gasteiger partial charge in [-0.3, -0.25) is 0 Å². The van der Waals surface area contributed by atoms with Crippen LogP contribution in [0.1, 0.15) is 11.4 Å². The van der Waals surface area contributed by atoms with E-state index in [-0.39, 0.29) is 15.4 Å². The van der Waals surface area contributed by atoms with Crippen molar-refractivity contribution in [2.75, 3.05) is 8.67 Å². The van der Waals surface area contributed by atoms with Crippen LogP contribution in [0.3, 0.4) is 0 Å². The van der Waals surface area contributed by atoms with Gasteiger partial charge < -0.3 is 0 Å². The fourth-order valence-electron chi connectivity index (χ4n) is 0.868. The molecule has 1 aliphatic rings. The van der Waals surface area contributed by atoms with Crippen molar-refractivity contribution in [1.29, 1.82) is 0 Å². The Morgan fingerprint density at radius 2 is 1.45 bits per heavy atom. The van der Waals surface area contributed by atoms with E-state index in [0.29, 0.717) is 0 Å². The summed E-state index contributed by atoms with van der Waals surface area (Å²) in [5, 5.41) is 0. The molecule has 2 heterocycles. The average molecular weight is 215 g/mol. The number of aryl methyl sites for hydroxylation is 2. The summed E-state index contributed by atoms with van der Waals surface area (Å²) in [6, 6.07) is 0. The molecular formula is C6H8N4Se. The SMILES string of the molecule is Cc1nc2c(nc1C)N[Se]N2. The molecule has 0 saturated carbocycles. The number of anilines is 2. The molecule has 1 aromatic heterocycles. The van der Waals surface area contributed by atoms with Gasteiger partial charge in [0, 0.05) is 0 Å². The zero-order chi connectivity index (χ0) is 7.84. The summed E-state index contributed by atoms with van der Waals surface area (Å²) >= 11 is 0.239. The first-order chi connectivity index (χ1) is 5.27. The Morgan fingerprint density at radius 3 is 1.91 bits per heavy atom. The standard InChI is InChI=1S/C6H8N4Se/c1-3-4(2)8-6-5(7-3)9-11-10-6/h1-2H3,(H,7,9)(H,8,10). The molecule has 0 spiro atoms. The van der Waals surface area contributed by atoms with E-state index in [1.54, 1.807) is 0 Å². The molecule has 5 heteroatoms. The monoisotopic (exact) mass is 216 g/mol. The number of hydrogen-bond donors (Lipinski definition) is 2. The van der Waals surface area contributed by atoms with E-state index in [1.807, 2.05) is 13.8 Å². The third kappa shape index (κ3) is 1.06. The van der Waals surface area contributed by atoms with Crippen molar-refractivity contribution in [2.24, 2.45) is 0 Å². The topological polar surface area (TPSA) is 49.8 Å². The molecule has 2 N–H and O–H groups in total. The number of nitrogens with zero attached hydrogens (tertiary/aromatic N) is 2. The Hall–Kier alpha value is -0.801. The maximum absolute atomic E-state index is 4.33. The van der Waals surface area contributed by atoms with Gasteiger partial charge in [-0.05, 0) is 0 Å². The fourth-order valence-corrected chi connectivity index (χ4v) is 1.98. The molecule has 0 bridgehead atoms. The predicted octanol–water partition coefficient (Wildman–Crippen LogP) is 0.465. The van der Waals surface area contributed by atoms with Gasteiger partial charge in [-0.15, -0.1) is 0 Å². The second-order valence-electron chi connectivity index (χ2n) is 2.40. The van der Waals surface area contributed by atoms with E-state index in [2.05, 4.69) is 18.6 Å². The maximum atomic E-state index is 4.33. The van der Waals surface area contributed by atoms with Gasteiger partial charge in [-0.2, -0.15) is 0 Å². The third-order valence-electron chi connectivity index (χ3n) is 1.60. The molecule has 0 saturated heterocycles. The van der Waals surface area contributed by atoms with Gasteiger partial charge in [0.15, 0.2) is 0 Å². The van der Waals surface area contributed by atoms with E-state index in [4.69, 9.17) is 0 Å². The number of aromatic nitrogens is 2. The molecule has 0 aliphatic carbocycles. The van der Waals surface area contributed by atoms with Gasteiger partial charge in [0.2, 0.25) is 0 Å². The molecule has 0 aromatic carbocycles. The van der Waals surface area contributed by atoms with Gasteiger partial charge in [-0.25, -0.2) is 0 Å². The summed E-state index contributed by atoms with van der Waals surface area (Å²) in [5.74, 6) is 1.79. The van der Waals surface area contributed by atoms with Crippen molar-refractivity contribution >= 4 is 27.0 Å². The quantitative estimate of drug-likeness (QED) is 0.617. The van der Waals surface area contributed by atoms with E-state index >= 15 is 0 Å². The zero-order valence-corrected chi connectivity index (χ0v) is 8.02. The van der Waals surface area contributed by atoms with Crippen LogP contribution in [0.25, 0.3) is 0 Å². The van der Waals surface area contributed by atoms with Crippen molar-refractivity contribution in [3.05, 3.63) is 11.4 Å². The molecule has 4 nitrogen and oxygen atoms in total. The molecule has 58 valence electrons. The molecule has 0 radical (unpaired) electrons. The van der Waals surface area contributed by atoms with Crippen LogP contribution in [0.2, 0.25) is 0 Å². The first-order valence-electron chi connectivity index (χ1n) is 3.30. The molecule has 0 unspecified atom stereocenters. The number of fused-ring (bicyclic) bond motifs is 1. The van der Waals surface area contributed by atoms with Gasteiger partial charge in [-0.1, -0.05) is 0 Å². The molecule has 0 amide bonds. The predicted molar refractivity (Wildman–Crippen MR) is 44.5 cm³/mol. The number of hydrogen-bond acceptors (Lipinski definition) is 4. The van der Waals surface area contributed by atoms with Crippen LogP contribution in [0, 0.1) is 13.8 Å². The summed E-state index contributed by atoms with van der Waals surface area (Å²) in [5.41, 5.74) is 1.99. The van der Waals surface area contributed by atoms with E-state index < -0.39 is 0 Å². The van der Waals surface area contributed by atoms with Crippen LogP contribution in [-0.2, 0) is 0 Å². The molecule has 1 aromatic rings. The van der Waals surface area contributed by atoms with Crippen molar-refractivity contribution < 1.29 is 0 Å². The second-order valence-corrected chi connectivity index (χ2v) is 3.68. The van der Waals surface area contributed by atoms with Gasteiger partial charge in [0.1, 0.15) is 0 Å². The summed E-state index contributed by atoms with van der Waals surface area (Å²) in [7, 11) is 0. The van der Waals surface area contributed by atoms with Gasteiger partial charge in [0.25, 0.3) is 0 Å². The average Bonchev–Trinajstić information content (AvgIpc) is 2.36. The van der Waals surface area contributed by atoms with Gasteiger partial charge >= 0.3 is 70.9 Å². The Labute approximate surface area is 71.4 Å². The summed E-state index contributed by atoms with van der Waals surface area (Å²) in [6.07, 6.45) is 0. The second kappa shape index (κ2) is 2.36. The zero-order valence-electron chi connectivity index (χ0n) is 6.30. The third-order valence-corrected chi connectivity index (χ3v) is 2.84. The van der Waals surface area contributed by atoms with Crippen LogP contribution < -0.4 is 8.67 Å². The van der Waals surface area contributed by atoms with E-state index in [0.717, 1.165) is 23.0 Å². The Balaban J connectivity index is 2.57. The Bertz CT molecular complexity index is 270. The Morgan fingerprint density at radius 1 is 1.00 bits per heavy atom. The molecular weight excluding hydrogens is 207 g/mol. The van der Waals surface area contributed by atoms with Crippen LogP contribution in [0.5, 0.6) is 0 Å². The number of nitrogens with one attached hydrogen (secondary N) is 2. The van der Waals surface area contributed by atoms with Crippen molar-refractivity contribution in [1.82, 2.24) is 9.97 Å². The molecule has 2 rings (SSSR count). The van der Waals surface area contributed by atoms with E-state index in [9.17, 15) is 0 Å². The Kier molecular flexibility index (Phi) is 1.47. The van der Waals surface area contributed by atoms with Crippen LogP contribution in [-0.4, -0.2) is 25.4 Å². The normalized spacial score (nSPS) is 13.6. The number of rotatable bonds is 0. The summed E-state index contributed by atoms with van der Waals surface area (Å²) in [4.78, 5) is 8.67. The molecule has 0 fully saturated rings. The van der Waals surface area contributed by atoms with Crippen LogP contribution >= 0.6 is 0 Å². The first kappa shape index (κ1) is 6.88. The fraction of sp³-hybridized carbons (Fsp3) is 0.333. The van der Waals surface area contributed by atoms with Crippen molar-refractivity contribution in [2.45, 2.75) is 13.8 Å². The first-order valence-corrected chi connectivity index (χ1v) is 5.02.